The minimum atomic E-state index is -1.10. The molecule has 100 valence electrons. The van der Waals surface area contributed by atoms with E-state index in [1.54, 1.807) is 30.3 Å². The van der Waals surface area contributed by atoms with Crippen molar-refractivity contribution in [3.05, 3.63) is 62.8 Å². The quantitative estimate of drug-likeness (QED) is 0.897. The third kappa shape index (κ3) is 2.91. The van der Waals surface area contributed by atoms with Crippen molar-refractivity contribution in [3.63, 3.8) is 0 Å². The van der Waals surface area contributed by atoms with Crippen LogP contribution >= 0.6 is 27.5 Å². The summed E-state index contributed by atoms with van der Waals surface area (Å²) in [5.41, 5.74) is 0.693. The normalized spacial score (nSPS) is 12.3. The summed E-state index contributed by atoms with van der Waals surface area (Å²) in [6, 6.07) is 9.37. The zero-order valence-electron chi connectivity index (χ0n) is 10.0. The fourth-order valence-corrected chi connectivity index (χ4v) is 2.54. The molecule has 1 atom stereocenters. The predicted molar refractivity (Wildman–Crippen MR) is 76.2 cm³/mol. The summed E-state index contributed by atoms with van der Waals surface area (Å²) < 4.78 is 19.4. The van der Waals surface area contributed by atoms with Crippen LogP contribution < -0.4 is 4.74 Å². The largest absolute Gasteiger partial charge is 0.495 e. The Morgan fingerprint density at radius 1 is 1.32 bits per heavy atom. The van der Waals surface area contributed by atoms with Crippen molar-refractivity contribution >= 4 is 27.5 Å². The minimum absolute atomic E-state index is 0.187. The van der Waals surface area contributed by atoms with E-state index in [9.17, 15) is 9.50 Å². The van der Waals surface area contributed by atoms with E-state index < -0.39 is 11.9 Å². The van der Waals surface area contributed by atoms with E-state index >= 15 is 0 Å². The van der Waals surface area contributed by atoms with Crippen LogP contribution in [0.2, 0.25) is 5.02 Å². The van der Waals surface area contributed by atoms with Gasteiger partial charge in [-0.2, -0.15) is 0 Å². The first-order valence-electron chi connectivity index (χ1n) is 5.50. The molecular weight excluding hydrogens is 335 g/mol. The molecule has 0 bridgehead atoms. The van der Waals surface area contributed by atoms with Gasteiger partial charge >= 0.3 is 0 Å². The molecular formula is C14H11BrClFO2. The molecule has 1 N–H and O–H groups in total. The molecule has 0 spiro atoms. The van der Waals surface area contributed by atoms with Crippen LogP contribution in [0.3, 0.4) is 0 Å². The molecule has 0 aliphatic heterocycles. The molecule has 0 saturated heterocycles. The maximum atomic E-state index is 13.8. The lowest BCUT2D eigenvalue weighted by atomic mass is 10.0. The number of halogens is 3. The number of aliphatic hydroxyl groups excluding tert-OH is 1. The molecule has 0 saturated carbocycles. The topological polar surface area (TPSA) is 29.5 Å². The van der Waals surface area contributed by atoms with Crippen molar-refractivity contribution in [1.82, 2.24) is 0 Å². The van der Waals surface area contributed by atoms with Crippen LogP contribution in [-0.4, -0.2) is 12.2 Å². The first-order valence-corrected chi connectivity index (χ1v) is 6.67. The molecule has 0 aliphatic carbocycles. The first-order chi connectivity index (χ1) is 9.04. The molecule has 0 heterocycles. The highest BCUT2D eigenvalue weighted by molar-refractivity contribution is 9.10. The van der Waals surface area contributed by atoms with Gasteiger partial charge in [-0.3, -0.25) is 0 Å². The Bertz CT molecular complexity index is 584. The van der Waals surface area contributed by atoms with E-state index in [0.29, 0.717) is 20.8 Å². The SMILES string of the molecule is COc1cc(C(O)c2c(F)cccc2Br)ccc1Cl. The van der Waals surface area contributed by atoms with Crippen LogP contribution in [0.25, 0.3) is 0 Å². The maximum Gasteiger partial charge on any atom is 0.137 e. The molecule has 0 aromatic heterocycles. The van der Waals surface area contributed by atoms with Gasteiger partial charge in [0.25, 0.3) is 0 Å². The van der Waals surface area contributed by atoms with Crippen molar-refractivity contribution in [2.75, 3.05) is 7.11 Å². The standard InChI is InChI=1S/C14H11BrClFO2/c1-19-12-7-8(5-6-10(12)16)14(18)13-9(15)3-2-4-11(13)17/h2-7,14,18H,1H3. The van der Waals surface area contributed by atoms with Crippen LogP contribution in [0.1, 0.15) is 17.2 Å². The second kappa shape index (κ2) is 5.90. The lowest BCUT2D eigenvalue weighted by Gasteiger charge is -2.15. The fourth-order valence-electron chi connectivity index (χ4n) is 1.79. The maximum absolute atomic E-state index is 13.8. The van der Waals surface area contributed by atoms with Gasteiger partial charge in [0.2, 0.25) is 0 Å². The van der Waals surface area contributed by atoms with E-state index in [4.69, 9.17) is 16.3 Å². The van der Waals surface area contributed by atoms with E-state index in [1.807, 2.05) is 0 Å². The number of methoxy groups -OCH3 is 1. The Balaban J connectivity index is 2.47. The summed E-state index contributed by atoms with van der Waals surface area (Å²) in [4.78, 5) is 0. The van der Waals surface area contributed by atoms with Crippen molar-refractivity contribution in [3.8, 4) is 5.75 Å². The van der Waals surface area contributed by atoms with E-state index in [0.717, 1.165) is 0 Å². The molecule has 0 fully saturated rings. The second-order valence-electron chi connectivity index (χ2n) is 3.93. The lowest BCUT2D eigenvalue weighted by Crippen LogP contribution is -2.04. The minimum Gasteiger partial charge on any atom is -0.495 e. The van der Waals surface area contributed by atoms with Crippen molar-refractivity contribution in [2.45, 2.75) is 6.10 Å². The molecule has 1 unspecified atom stereocenters. The highest BCUT2D eigenvalue weighted by Gasteiger charge is 2.19. The molecule has 2 rings (SSSR count). The Morgan fingerprint density at radius 3 is 2.68 bits per heavy atom. The molecule has 2 aromatic carbocycles. The number of aliphatic hydroxyl groups is 1. The third-order valence-electron chi connectivity index (χ3n) is 2.76. The van der Waals surface area contributed by atoms with Crippen LogP contribution in [0.4, 0.5) is 4.39 Å². The smallest absolute Gasteiger partial charge is 0.137 e. The van der Waals surface area contributed by atoms with Crippen molar-refractivity contribution < 1.29 is 14.2 Å². The highest BCUT2D eigenvalue weighted by atomic mass is 79.9. The molecule has 2 aromatic rings. The van der Waals surface area contributed by atoms with E-state index in [1.165, 1.54) is 13.2 Å². The van der Waals surface area contributed by atoms with Crippen LogP contribution in [0.15, 0.2) is 40.9 Å². The Hall–Kier alpha value is -1.10. The zero-order chi connectivity index (χ0) is 14.0. The summed E-state index contributed by atoms with van der Waals surface area (Å²) in [5.74, 6) is -0.0403. The number of benzene rings is 2. The number of hydrogen-bond acceptors (Lipinski definition) is 2. The highest BCUT2D eigenvalue weighted by Crippen LogP contribution is 2.34. The van der Waals surface area contributed by atoms with E-state index in [-0.39, 0.29) is 5.56 Å². The summed E-state index contributed by atoms with van der Waals surface area (Å²) in [6.07, 6.45) is -1.10. The summed E-state index contributed by atoms with van der Waals surface area (Å²) in [5, 5.41) is 10.7. The lowest BCUT2D eigenvalue weighted by molar-refractivity contribution is 0.213. The van der Waals surface area contributed by atoms with Gasteiger partial charge in [0.15, 0.2) is 0 Å². The number of hydrogen-bond donors (Lipinski definition) is 1. The van der Waals surface area contributed by atoms with Crippen molar-refractivity contribution in [2.24, 2.45) is 0 Å². The van der Waals surface area contributed by atoms with Crippen LogP contribution in [0.5, 0.6) is 5.75 Å². The van der Waals surface area contributed by atoms with Gasteiger partial charge in [0, 0.05) is 10.0 Å². The van der Waals surface area contributed by atoms with Gasteiger partial charge in [-0.15, -0.1) is 0 Å². The fraction of sp³-hybridized carbons (Fsp3) is 0.143. The van der Waals surface area contributed by atoms with Crippen molar-refractivity contribution in [1.29, 1.82) is 0 Å². The van der Waals surface area contributed by atoms with Gasteiger partial charge < -0.3 is 9.84 Å². The Kier molecular flexibility index (Phi) is 4.45. The second-order valence-corrected chi connectivity index (χ2v) is 5.19. The average Bonchev–Trinajstić information content (AvgIpc) is 2.39. The van der Waals surface area contributed by atoms with Gasteiger partial charge in [-0.25, -0.2) is 4.39 Å². The summed E-state index contributed by atoms with van der Waals surface area (Å²) in [6.45, 7) is 0. The molecule has 0 amide bonds. The summed E-state index contributed by atoms with van der Waals surface area (Å²) in [7, 11) is 1.48. The van der Waals surface area contributed by atoms with Crippen LogP contribution in [-0.2, 0) is 0 Å². The average molecular weight is 346 g/mol. The Morgan fingerprint density at radius 2 is 2.05 bits per heavy atom. The molecule has 5 heteroatoms. The molecule has 0 radical (unpaired) electrons. The molecule has 0 aliphatic rings. The number of ether oxygens (including phenoxy) is 1. The van der Waals surface area contributed by atoms with E-state index in [2.05, 4.69) is 15.9 Å². The predicted octanol–water partition coefficient (Wildman–Crippen LogP) is 4.33. The zero-order valence-corrected chi connectivity index (χ0v) is 12.4. The Labute approximate surface area is 123 Å². The van der Waals surface area contributed by atoms with Gasteiger partial charge in [0.1, 0.15) is 17.7 Å². The summed E-state index contributed by atoms with van der Waals surface area (Å²) >= 11 is 9.16. The molecule has 19 heavy (non-hydrogen) atoms. The molecule has 2 nitrogen and oxygen atoms in total. The van der Waals surface area contributed by atoms with Gasteiger partial charge in [-0.05, 0) is 29.8 Å². The first kappa shape index (κ1) is 14.3. The van der Waals surface area contributed by atoms with Gasteiger partial charge in [-0.1, -0.05) is 39.7 Å². The van der Waals surface area contributed by atoms with Crippen LogP contribution in [0, 0.1) is 5.82 Å². The van der Waals surface area contributed by atoms with Gasteiger partial charge in [0.05, 0.1) is 12.1 Å². The monoisotopic (exact) mass is 344 g/mol. The number of rotatable bonds is 3. The third-order valence-corrected chi connectivity index (χ3v) is 3.77.